The van der Waals surface area contributed by atoms with Crippen LogP contribution in [0.15, 0.2) is 30.5 Å². The SMILES string of the molecule is C#Cc1c(F)ccc2cc(O)cc(-c3ncc4c(N5C6CNCC5C(F)C6)nc(Cl)c(C)c4c3F)c12. The summed E-state index contributed by atoms with van der Waals surface area (Å²) >= 11 is 6.47. The van der Waals surface area contributed by atoms with Crippen LogP contribution in [-0.2, 0) is 0 Å². The molecule has 3 atom stereocenters. The van der Waals surface area contributed by atoms with Gasteiger partial charge in [-0.05, 0) is 36.1 Å². The number of aromatic hydroxyl groups is 1. The molecule has 2 bridgehead atoms. The number of terminal acetylenes is 1. The van der Waals surface area contributed by atoms with Gasteiger partial charge in [-0.15, -0.1) is 6.42 Å². The number of aromatic nitrogens is 2. The average Bonchev–Trinajstić information content (AvgIpc) is 3.03. The molecule has 2 aromatic carbocycles. The Balaban J connectivity index is 1.64. The second-order valence-corrected chi connectivity index (χ2v) is 9.62. The van der Waals surface area contributed by atoms with E-state index in [1.165, 1.54) is 30.5 Å². The van der Waals surface area contributed by atoms with Gasteiger partial charge in [-0.2, -0.15) is 0 Å². The van der Waals surface area contributed by atoms with Crippen molar-refractivity contribution in [2.45, 2.75) is 31.6 Å². The number of nitrogens with one attached hydrogen (secondary N) is 1. The third kappa shape index (κ3) is 3.23. The minimum atomic E-state index is -1.05. The van der Waals surface area contributed by atoms with Crippen LogP contribution in [0.4, 0.5) is 19.0 Å². The van der Waals surface area contributed by atoms with Gasteiger partial charge in [0.1, 0.15) is 34.4 Å². The van der Waals surface area contributed by atoms with Gasteiger partial charge in [-0.1, -0.05) is 23.6 Å². The number of rotatable bonds is 2. The van der Waals surface area contributed by atoms with Gasteiger partial charge >= 0.3 is 0 Å². The Morgan fingerprint density at radius 2 is 2.03 bits per heavy atom. The summed E-state index contributed by atoms with van der Waals surface area (Å²) in [5.74, 6) is 1.21. The molecule has 6 rings (SSSR count). The standard InChI is InChI=1S/C27H20ClF3N4O/c1-3-16-19(29)5-4-13-6-15(36)8-17(23(13)16)25-24(31)22-12(2)26(28)34-27(18(22)10-33-25)35-14-7-20(30)21(35)11-32-9-14/h1,4-6,8,10,14,20-21,32,36H,7,9,11H2,2H3. The van der Waals surface area contributed by atoms with E-state index in [1.807, 2.05) is 4.90 Å². The molecule has 2 fully saturated rings. The van der Waals surface area contributed by atoms with E-state index in [1.54, 1.807) is 6.92 Å². The molecule has 9 heteroatoms. The first kappa shape index (κ1) is 22.9. The van der Waals surface area contributed by atoms with Crippen LogP contribution in [0.2, 0.25) is 5.15 Å². The number of pyridine rings is 2. The van der Waals surface area contributed by atoms with Crippen LogP contribution in [-0.4, -0.2) is 46.4 Å². The van der Waals surface area contributed by atoms with Gasteiger partial charge in [-0.3, -0.25) is 4.98 Å². The Morgan fingerprint density at radius 3 is 2.78 bits per heavy atom. The Kier molecular flexibility index (Phi) is 5.25. The maximum Gasteiger partial charge on any atom is 0.157 e. The topological polar surface area (TPSA) is 61.3 Å². The fourth-order valence-electron chi connectivity index (χ4n) is 5.61. The second kappa shape index (κ2) is 8.26. The fourth-order valence-corrected chi connectivity index (χ4v) is 5.79. The Labute approximate surface area is 209 Å². The molecule has 2 saturated heterocycles. The smallest absolute Gasteiger partial charge is 0.157 e. The number of benzene rings is 2. The molecule has 0 amide bonds. The lowest BCUT2D eigenvalue weighted by atomic mass is 9.95. The number of alkyl halides is 1. The van der Waals surface area contributed by atoms with Gasteiger partial charge in [0.2, 0.25) is 0 Å². The van der Waals surface area contributed by atoms with E-state index in [0.29, 0.717) is 41.7 Å². The van der Waals surface area contributed by atoms with Crippen molar-refractivity contribution >= 4 is 39.0 Å². The van der Waals surface area contributed by atoms with Crippen molar-refractivity contribution in [1.82, 2.24) is 15.3 Å². The number of nitrogens with zero attached hydrogens (tertiary/aromatic N) is 3. The highest BCUT2D eigenvalue weighted by Crippen LogP contribution is 2.43. The third-order valence-electron chi connectivity index (χ3n) is 7.24. The number of aryl methyl sites for hydroxylation is 1. The number of hydrogen-bond donors (Lipinski definition) is 2. The normalized spacial score (nSPS) is 21.3. The monoisotopic (exact) mass is 508 g/mol. The highest BCUT2D eigenvalue weighted by Gasteiger charge is 2.45. The van der Waals surface area contributed by atoms with Crippen molar-refractivity contribution in [3.8, 4) is 29.4 Å². The molecular weight excluding hydrogens is 489 g/mol. The number of phenols is 1. The first-order chi connectivity index (χ1) is 17.3. The highest BCUT2D eigenvalue weighted by atomic mass is 35.5. The molecule has 2 N–H and O–H groups in total. The zero-order valence-electron chi connectivity index (χ0n) is 19.1. The van der Waals surface area contributed by atoms with Crippen molar-refractivity contribution in [2.75, 3.05) is 18.0 Å². The zero-order chi connectivity index (χ0) is 25.3. The van der Waals surface area contributed by atoms with E-state index in [-0.39, 0.29) is 44.5 Å². The van der Waals surface area contributed by atoms with E-state index < -0.39 is 23.8 Å². The van der Waals surface area contributed by atoms with E-state index in [0.717, 1.165) is 0 Å². The molecule has 3 unspecified atom stereocenters. The van der Waals surface area contributed by atoms with Crippen LogP contribution in [0, 0.1) is 30.9 Å². The van der Waals surface area contributed by atoms with E-state index >= 15 is 4.39 Å². The summed E-state index contributed by atoms with van der Waals surface area (Å²) in [5.41, 5.74) is 0.370. The lowest BCUT2D eigenvalue weighted by Crippen LogP contribution is -2.53. The molecule has 4 heterocycles. The van der Waals surface area contributed by atoms with Crippen LogP contribution >= 0.6 is 11.6 Å². The Bertz CT molecular complexity index is 1620. The van der Waals surface area contributed by atoms with Crippen LogP contribution in [0.1, 0.15) is 17.5 Å². The summed E-state index contributed by atoms with van der Waals surface area (Å²) in [6.45, 7) is 2.66. The predicted octanol–water partition coefficient (Wildman–Crippen LogP) is 5.27. The van der Waals surface area contributed by atoms with Gasteiger partial charge in [0.05, 0.1) is 11.6 Å². The molecule has 0 aliphatic carbocycles. The molecular formula is C27H20ClF3N4O. The Morgan fingerprint density at radius 1 is 1.22 bits per heavy atom. The predicted molar refractivity (Wildman–Crippen MR) is 134 cm³/mol. The number of halogens is 4. The van der Waals surface area contributed by atoms with Crippen LogP contribution < -0.4 is 10.2 Å². The molecule has 2 aromatic heterocycles. The van der Waals surface area contributed by atoms with Gasteiger partial charge in [0.25, 0.3) is 0 Å². The van der Waals surface area contributed by atoms with Crippen LogP contribution in [0.25, 0.3) is 32.8 Å². The average molecular weight is 509 g/mol. The summed E-state index contributed by atoms with van der Waals surface area (Å²) in [6.07, 6.45) is 6.35. The first-order valence-corrected chi connectivity index (χ1v) is 11.9. The summed E-state index contributed by atoms with van der Waals surface area (Å²) in [6, 6.07) is 4.81. The lowest BCUT2D eigenvalue weighted by molar-refractivity contribution is 0.310. The third-order valence-corrected chi connectivity index (χ3v) is 7.61. The summed E-state index contributed by atoms with van der Waals surface area (Å²) in [4.78, 5) is 10.8. The van der Waals surface area contributed by atoms with Crippen molar-refractivity contribution < 1.29 is 18.3 Å². The molecule has 0 spiro atoms. The largest absolute Gasteiger partial charge is 0.508 e. The Hall–Kier alpha value is -3.54. The fraction of sp³-hybridized carbons (Fsp3) is 0.259. The van der Waals surface area contributed by atoms with Gasteiger partial charge in [0.15, 0.2) is 5.82 Å². The van der Waals surface area contributed by atoms with Crippen molar-refractivity contribution in [1.29, 1.82) is 0 Å². The molecule has 0 radical (unpaired) electrons. The minimum Gasteiger partial charge on any atom is -0.508 e. The zero-order valence-corrected chi connectivity index (χ0v) is 19.9. The van der Waals surface area contributed by atoms with Gasteiger partial charge in [0, 0.05) is 53.5 Å². The van der Waals surface area contributed by atoms with Gasteiger partial charge in [-0.25, -0.2) is 18.2 Å². The molecule has 2 aliphatic rings. The number of hydrogen-bond acceptors (Lipinski definition) is 5. The van der Waals surface area contributed by atoms with Crippen molar-refractivity contribution in [2.24, 2.45) is 0 Å². The highest BCUT2D eigenvalue weighted by molar-refractivity contribution is 6.31. The number of fused-ring (bicyclic) bond motifs is 4. The number of phenolic OH excluding ortho intramolecular Hbond substituents is 1. The van der Waals surface area contributed by atoms with E-state index in [9.17, 15) is 13.9 Å². The molecule has 182 valence electrons. The van der Waals surface area contributed by atoms with Crippen molar-refractivity contribution in [3.05, 3.63) is 58.4 Å². The van der Waals surface area contributed by atoms with E-state index in [2.05, 4.69) is 21.2 Å². The molecule has 4 aromatic rings. The summed E-state index contributed by atoms with van der Waals surface area (Å²) in [5, 5.41) is 14.9. The number of anilines is 1. The second-order valence-electron chi connectivity index (χ2n) is 9.26. The minimum absolute atomic E-state index is 0.0552. The quantitative estimate of drug-likeness (QED) is 0.285. The van der Waals surface area contributed by atoms with Crippen LogP contribution in [0.3, 0.4) is 0 Å². The number of piperazine rings is 1. The first-order valence-electron chi connectivity index (χ1n) is 11.5. The van der Waals surface area contributed by atoms with Crippen LogP contribution in [0.5, 0.6) is 5.75 Å². The molecule has 5 nitrogen and oxygen atoms in total. The molecule has 0 saturated carbocycles. The maximum absolute atomic E-state index is 16.3. The molecule has 2 aliphatic heterocycles. The van der Waals surface area contributed by atoms with Gasteiger partial charge < -0.3 is 15.3 Å². The molecule has 36 heavy (non-hydrogen) atoms. The van der Waals surface area contributed by atoms with Crippen molar-refractivity contribution in [3.63, 3.8) is 0 Å². The lowest BCUT2D eigenvalue weighted by Gasteiger charge is -2.37. The summed E-state index contributed by atoms with van der Waals surface area (Å²) < 4.78 is 45.7. The summed E-state index contributed by atoms with van der Waals surface area (Å²) in [7, 11) is 0. The maximum atomic E-state index is 16.3. The van der Waals surface area contributed by atoms with E-state index in [4.69, 9.17) is 18.0 Å².